The molecule has 188 valence electrons. The van der Waals surface area contributed by atoms with Crippen molar-refractivity contribution in [3.63, 3.8) is 0 Å². The lowest BCUT2D eigenvalue weighted by molar-refractivity contribution is -0.121. The average molecular weight is 548 g/mol. The van der Waals surface area contributed by atoms with E-state index in [1.54, 1.807) is 6.07 Å². The highest BCUT2D eigenvalue weighted by molar-refractivity contribution is 9.10. The number of aryl methyl sites for hydroxylation is 2. The molecule has 0 bridgehead atoms. The van der Waals surface area contributed by atoms with E-state index >= 15 is 0 Å². The first-order chi connectivity index (χ1) is 16.5. The standard InChI is InChI=1S/C25H30BrN3O6/c1-12-9-13(2)28-23(31)18(12)11-27-22(30)17-10-19(26)21-20(14(17)3)34-25(4,35-21)15-5-7-16(8-6-15)29-24(32)33/h9-10,15-16,29H,5-8,11H2,1-4H3,(H,27,30)(H,28,31)(H,32,33)/t15-,16-,25?. The molecule has 1 atom stereocenters. The molecule has 2 amide bonds. The summed E-state index contributed by atoms with van der Waals surface area (Å²) in [5.74, 6) is -0.0877. The van der Waals surface area contributed by atoms with Gasteiger partial charge in [0.1, 0.15) is 0 Å². The lowest BCUT2D eigenvalue weighted by Crippen LogP contribution is -2.47. The van der Waals surface area contributed by atoms with E-state index in [0.717, 1.165) is 24.1 Å². The molecular formula is C25H30BrN3O6. The fraction of sp³-hybridized carbons (Fsp3) is 0.480. The summed E-state index contributed by atoms with van der Waals surface area (Å²) >= 11 is 3.52. The summed E-state index contributed by atoms with van der Waals surface area (Å²) in [4.78, 5) is 39.1. The van der Waals surface area contributed by atoms with Gasteiger partial charge < -0.3 is 30.2 Å². The van der Waals surface area contributed by atoms with Crippen molar-refractivity contribution in [1.29, 1.82) is 0 Å². The van der Waals surface area contributed by atoms with Crippen LogP contribution in [0.2, 0.25) is 0 Å². The Hall–Kier alpha value is -3.01. The number of benzene rings is 1. The highest BCUT2D eigenvalue weighted by Crippen LogP contribution is 2.51. The number of fused-ring (bicyclic) bond motifs is 1. The van der Waals surface area contributed by atoms with Crippen LogP contribution in [0.25, 0.3) is 0 Å². The van der Waals surface area contributed by atoms with Crippen molar-refractivity contribution in [2.24, 2.45) is 5.92 Å². The number of carbonyl (C=O) groups excluding carboxylic acids is 1. The van der Waals surface area contributed by atoms with Gasteiger partial charge in [0.2, 0.25) is 0 Å². The first-order valence-corrected chi connectivity index (χ1v) is 12.5. The average Bonchev–Trinajstić information content (AvgIpc) is 3.15. The second-order valence-electron chi connectivity index (χ2n) is 9.53. The molecule has 1 aromatic heterocycles. The maximum Gasteiger partial charge on any atom is 0.404 e. The van der Waals surface area contributed by atoms with E-state index in [2.05, 4.69) is 31.5 Å². The number of pyridine rings is 1. The predicted octanol–water partition coefficient (Wildman–Crippen LogP) is 4.31. The zero-order valence-corrected chi connectivity index (χ0v) is 21.8. The Labute approximate surface area is 211 Å². The van der Waals surface area contributed by atoms with Gasteiger partial charge in [-0.1, -0.05) is 0 Å². The third-order valence-corrected chi connectivity index (χ3v) is 7.60. The summed E-state index contributed by atoms with van der Waals surface area (Å²) < 4.78 is 13.2. The largest absolute Gasteiger partial charge is 0.465 e. The lowest BCUT2D eigenvalue weighted by Gasteiger charge is -2.37. The molecule has 35 heavy (non-hydrogen) atoms. The van der Waals surface area contributed by atoms with Gasteiger partial charge in [-0.15, -0.1) is 0 Å². The van der Waals surface area contributed by atoms with Crippen LogP contribution in [-0.4, -0.2) is 33.9 Å². The fourth-order valence-electron chi connectivity index (χ4n) is 5.05. The van der Waals surface area contributed by atoms with E-state index < -0.39 is 11.9 Å². The zero-order chi connectivity index (χ0) is 25.5. The molecule has 1 aliphatic carbocycles. The maximum absolute atomic E-state index is 13.1. The van der Waals surface area contributed by atoms with Gasteiger partial charge in [-0.25, -0.2) is 4.79 Å². The molecule has 1 saturated carbocycles. The number of amides is 2. The molecule has 2 aliphatic rings. The van der Waals surface area contributed by atoms with Gasteiger partial charge >= 0.3 is 6.09 Å². The Bertz CT molecular complexity index is 1230. The number of H-pyrrole nitrogens is 1. The second kappa shape index (κ2) is 9.56. The topological polar surface area (TPSA) is 130 Å². The molecule has 10 heteroatoms. The van der Waals surface area contributed by atoms with Crippen LogP contribution in [0.4, 0.5) is 4.79 Å². The molecule has 1 aliphatic heterocycles. The van der Waals surface area contributed by atoms with Crippen LogP contribution in [0, 0.1) is 26.7 Å². The monoisotopic (exact) mass is 547 g/mol. The molecule has 2 heterocycles. The fourth-order valence-corrected chi connectivity index (χ4v) is 5.54. The van der Waals surface area contributed by atoms with E-state index in [1.807, 2.05) is 33.8 Å². The maximum atomic E-state index is 13.1. The number of carboxylic acid groups (broad SMARTS) is 1. The van der Waals surface area contributed by atoms with Gasteiger partial charge in [0.15, 0.2) is 11.5 Å². The van der Waals surface area contributed by atoms with E-state index in [4.69, 9.17) is 14.6 Å². The van der Waals surface area contributed by atoms with Crippen molar-refractivity contribution in [3.05, 3.63) is 54.9 Å². The van der Waals surface area contributed by atoms with Crippen molar-refractivity contribution < 1.29 is 24.2 Å². The highest BCUT2D eigenvalue weighted by atomic mass is 79.9. The van der Waals surface area contributed by atoms with Crippen molar-refractivity contribution in [3.8, 4) is 11.5 Å². The quantitative estimate of drug-likeness (QED) is 0.441. The third kappa shape index (κ3) is 5.03. The Kier molecular flexibility index (Phi) is 6.86. The second-order valence-corrected chi connectivity index (χ2v) is 10.4. The van der Waals surface area contributed by atoms with E-state index in [9.17, 15) is 14.4 Å². The van der Waals surface area contributed by atoms with Crippen LogP contribution in [0.5, 0.6) is 11.5 Å². The van der Waals surface area contributed by atoms with Gasteiger partial charge in [0.25, 0.3) is 17.3 Å². The number of halogens is 1. The Morgan fingerprint density at radius 2 is 1.80 bits per heavy atom. The third-order valence-electron chi connectivity index (χ3n) is 7.01. The van der Waals surface area contributed by atoms with Crippen LogP contribution < -0.4 is 25.7 Å². The summed E-state index contributed by atoms with van der Waals surface area (Å²) in [6.45, 7) is 7.47. The van der Waals surface area contributed by atoms with Crippen molar-refractivity contribution in [2.45, 2.75) is 71.8 Å². The summed E-state index contributed by atoms with van der Waals surface area (Å²) in [5, 5.41) is 14.4. The molecule has 1 fully saturated rings. The number of aromatic amines is 1. The van der Waals surface area contributed by atoms with Gasteiger partial charge in [-0.2, -0.15) is 0 Å². The number of aromatic nitrogens is 1. The van der Waals surface area contributed by atoms with Crippen LogP contribution in [0.1, 0.15) is 65.3 Å². The number of rotatable bonds is 5. The molecule has 0 saturated heterocycles. The number of hydrogen-bond acceptors (Lipinski definition) is 5. The van der Waals surface area contributed by atoms with Crippen LogP contribution in [0.15, 0.2) is 21.4 Å². The number of nitrogens with one attached hydrogen (secondary N) is 3. The summed E-state index contributed by atoms with van der Waals surface area (Å²) in [5.41, 5.74) is 2.98. The van der Waals surface area contributed by atoms with Crippen LogP contribution in [0.3, 0.4) is 0 Å². The number of carbonyl (C=O) groups is 2. The van der Waals surface area contributed by atoms with Crippen molar-refractivity contribution >= 4 is 27.9 Å². The number of ether oxygens (including phenoxy) is 2. The summed E-state index contributed by atoms with van der Waals surface area (Å²) in [6, 6.07) is 3.51. The molecule has 4 N–H and O–H groups in total. The van der Waals surface area contributed by atoms with Crippen molar-refractivity contribution in [2.75, 3.05) is 0 Å². The highest BCUT2D eigenvalue weighted by Gasteiger charge is 2.47. The molecular weight excluding hydrogens is 518 g/mol. The Morgan fingerprint density at radius 3 is 2.43 bits per heavy atom. The molecule has 2 aromatic rings. The molecule has 1 aromatic carbocycles. The van der Waals surface area contributed by atoms with Gasteiger partial charge in [0, 0.05) is 47.8 Å². The first kappa shape index (κ1) is 25.1. The summed E-state index contributed by atoms with van der Waals surface area (Å²) in [7, 11) is 0. The molecule has 4 rings (SSSR count). The number of hydrogen-bond donors (Lipinski definition) is 4. The van der Waals surface area contributed by atoms with Crippen LogP contribution in [-0.2, 0) is 6.54 Å². The predicted molar refractivity (Wildman–Crippen MR) is 133 cm³/mol. The molecule has 1 unspecified atom stereocenters. The van der Waals surface area contributed by atoms with Crippen molar-refractivity contribution in [1.82, 2.24) is 15.6 Å². The Balaban J connectivity index is 1.49. The normalized spacial score (nSPS) is 23.1. The van der Waals surface area contributed by atoms with E-state index in [0.29, 0.717) is 45.5 Å². The van der Waals surface area contributed by atoms with Gasteiger partial charge in [-0.3, -0.25) is 9.59 Å². The molecule has 0 spiro atoms. The molecule has 9 nitrogen and oxygen atoms in total. The minimum absolute atomic E-state index is 0.0655. The molecule has 0 radical (unpaired) electrons. The Morgan fingerprint density at radius 1 is 1.14 bits per heavy atom. The van der Waals surface area contributed by atoms with E-state index in [-0.39, 0.29) is 30.0 Å². The lowest BCUT2D eigenvalue weighted by atomic mass is 9.81. The van der Waals surface area contributed by atoms with Crippen LogP contribution >= 0.6 is 15.9 Å². The zero-order valence-electron chi connectivity index (χ0n) is 20.2. The minimum Gasteiger partial charge on any atom is -0.465 e. The SMILES string of the molecule is Cc1cc(C)c(CNC(=O)c2cc(Br)c3c(c2C)OC(C)([C@H]2CC[C@H](NC(=O)O)CC2)O3)c(=O)[nH]1. The van der Waals surface area contributed by atoms with E-state index in [1.165, 1.54) is 0 Å². The van der Waals surface area contributed by atoms with Gasteiger partial charge in [-0.05, 0) is 80.1 Å². The van der Waals surface area contributed by atoms with Gasteiger partial charge in [0.05, 0.1) is 4.47 Å². The summed E-state index contributed by atoms with van der Waals surface area (Å²) in [6.07, 6.45) is 1.92. The smallest absolute Gasteiger partial charge is 0.404 e. The first-order valence-electron chi connectivity index (χ1n) is 11.7. The minimum atomic E-state index is -1.01.